The summed E-state index contributed by atoms with van der Waals surface area (Å²) in [6.45, 7) is -0.362. The van der Waals surface area contributed by atoms with Crippen LogP contribution in [0.15, 0.2) is 36.4 Å². The highest BCUT2D eigenvalue weighted by molar-refractivity contribution is 5.90. The van der Waals surface area contributed by atoms with E-state index in [4.69, 9.17) is 0 Å². The Kier molecular flexibility index (Phi) is 5.06. The summed E-state index contributed by atoms with van der Waals surface area (Å²) in [5.74, 6) is -3.18. The number of methoxy groups -OCH3 is 1. The van der Waals surface area contributed by atoms with Crippen molar-refractivity contribution in [3.8, 4) is 0 Å². The van der Waals surface area contributed by atoms with E-state index in [9.17, 15) is 26.7 Å². The number of hydrogen-bond acceptors (Lipinski definition) is 3. The van der Waals surface area contributed by atoms with Gasteiger partial charge in [0.1, 0.15) is 11.6 Å². The zero-order chi connectivity index (χ0) is 17.9. The number of benzene rings is 2. The van der Waals surface area contributed by atoms with Gasteiger partial charge in [0, 0.05) is 12.6 Å². The highest BCUT2D eigenvalue weighted by atomic mass is 19.4. The summed E-state index contributed by atoms with van der Waals surface area (Å²) in [6.07, 6.45) is -4.56. The molecule has 2 aromatic carbocycles. The van der Waals surface area contributed by atoms with Gasteiger partial charge in [-0.05, 0) is 17.7 Å². The van der Waals surface area contributed by atoms with Crippen LogP contribution in [-0.2, 0) is 17.5 Å². The van der Waals surface area contributed by atoms with Crippen molar-refractivity contribution >= 4 is 11.7 Å². The van der Waals surface area contributed by atoms with Gasteiger partial charge in [-0.25, -0.2) is 13.6 Å². The average Bonchev–Trinajstić information content (AvgIpc) is 2.52. The molecular weight excluding hydrogens is 333 g/mol. The van der Waals surface area contributed by atoms with Gasteiger partial charge in [-0.1, -0.05) is 18.2 Å². The molecule has 24 heavy (non-hydrogen) atoms. The molecule has 0 aliphatic carbocycles. The molecule has 128 valence electrons. The molecule has 1 N–H and O–H groups in total. The molecule has 8 heteroatoms. The lowest BCUT2D eigenvalue weighted by Gasteiger charge is -2.14. The largest absolute Gasteiger partial charge is 0.465 e. The lowest BCUT2D eigenvalue weighted by atomic mass is 10.1. The van der Waals surface area contributed by atoms with Gasteiger partial charge < -0.3 is 10.1 Å². The Morgan fingerprint density at radius 2 is 1.79 bits per heavy atom. The van der Waals surface area contributed by atoms with Crippen molar-refractivity contribution in [1.82, 2.24) is 0 Å². The van der Waals surface area contributed by atoms with Gasteiger partial charge in [0.15, 0.2) is 0 Å². The molecule has 0 radical (unpaired) electrons. The topological polar surface area (TPSA) is 38.3 Å². The minimum atomic E-state index is -4.56. The molecule has 3 nitrogen and oxygen atoms in total. The number of carbonyl (C=O) groups excluding carboxylic acids is 1. The van der Waals surface area contributed by atoms with E-state index in [2.05, 4.69) is 10.1 Å². The highest BCUT2D eigenvalue weighted by Crippen LogP contribution is 2.32. The number of esters is 1. The van der Waals surface area contributed by atoms with E-state index in [1.54, 1.807) is 0 Å². The maximum Gasteiger partial charge on any atom is 0.416 e. The number of alkyl halides is 3. The summed E-state index contributed by atoms with van der Waals surface area (Å²) in [6, 6.07) is 6.10. The first-order valence-corrected chi connectivity index (χ1v) is 6.70. The van der Waals surface area contributed by atoms with Crippen LogP contribution in [-0.4, -0.2) is 13.1 Å². The van der Waals surface area contributed by atoms with Gasteiger partial charge in [-0.2, -0.15) is 13.2 Å². The van der Waals surface area contributed by atoms with Crippen LogP contribution >= 0.6 is 0 Å². The van der Waals surface area contributed by atoms with Crippen molar-refractivity contribution < 1.29 is 31.5 Å². The number of carbonyl (C=O) groups is 1. The molecule has 0 heterocycles. The molecule has 0 amide bonds. The smallest absolute Gasteiger partial charge is 0.416 e. The summed E-state index contributed by atoms with van der Waals surface area (Å²) >= 11 is 0. The fourth-order valence-corrected chi connectivity index (χ4v) is 2.09. The van der Waals surface area contributed by atoms with Crippen molar-refractivity contribution in [3.63, 3.8) is 0 Å². The van der Waals surface area contributed by atoms with Crippen LogP contribution in [0.2, 0.25) is 0 Å². The van der Waals surface area contributed by atoms with Crippen molar-refractivity contribution in [1.29, 1.82) is 0 Å². The summed E-state index contributed by atoms with van der Waals surface area (Å²) in [5.41, 5.74) is -1.82. The highest BCUT2D eigenvalue weighted by Gasteiger charge is 2.32. The fraction of sp³-hybridized carbons (Fsp3) is 0.188. The lowest BCUT2D eigenvalue weighted by Crippen LogP contribution is -2.13. The molecule has 0 aliphatic rings. The van der Waals surface area contributed by atoms with Crippen LogP contribution in [0, 0.1) is 11.6 Å². The second-order valence-electron chi connectivity index (χ2n) is 4.81. The van der Waals surface area contributed by atoms with Gasteiger partial charge in [0.05, 0.1) is 23.9 Å². The van der Waals surface area contributed by atoms with Crippen LogP contribution < -0.4 is 5.32 Å². The first-order valence-electron chi connectivity index (χ1n) is 6.70. The van der Waals surface area contributed by atoms with E-state index in [0.29, 0.717) is 6.07 Å². The lowest BCUT2D eigenvalue weighted by molar-refractivity contribution is -0.138. The first-order chi connectivity index (χ1) is 11.2. The molecule has 0 fully saturated rings. The minimum Gasteiger partial charge on any atom is -0.465 e. The maximum atomic E-state index is 13.8. The summed E-state index contributed by atoms with van der Waals surface area (Å²) < 4.78 is 70.4. The van der Waals surface area contributed by atoms with Crippen molar-refractivity contribution in [2.75, 3.05) is 12.4 Å². The van der Waals surface area contributed by atoms with Crippen LogP contribution in [0.25, 0.3) is 0 Å². The number of anilines is 1. The zero-order valence-electron chi connectivity index (χ0n) is 12.4. The summed E-state index contributed by atoms with van der Waals surface area (Å²) in [4.78, 5) is 11.4. The molecule has 0 saturated heterocycles. The molecule has 0 bridgehead atoms. The second kappa shape index (κ2) is 6.86. The zero-order valence-corrected chi connectivity index (χ0v) is 12.4. The number of nitrogens with one attached hydrogen (secondary N) is 1. The third-order valence-electron chi connectivity index (χ3n) is 3.25. The van der Waals surface area contributed by atoms with E-state index in [-0.39, 0.29) is 17.8 Å². The van der Waals surface area contributed by atoms with Crippen LogP contribution in [0.3, 0.4) is 0 Å². The fourth-order valence-electron chi connectivity index (χ4n) is 2.09. The van der Waals surface area contributed by atoms with Gasteiger partial charge in [0.25, 0.3) is 0 Å². The quantitative estimate of drug-likeness (QED) is 0.660. The Morgan fingerprint density at radius 3 is 2.42 bits per heavy atom. The number of hydrogen-bond donors (Lipinski definition) is 1. The molecule has 2 aromatic rings. The molecule has 0 aromatic heterocycles. The minimum absolute atomic E-state index is 0.117. The number of halogens is 5. The molecule has 0 aliphatic heterocycles. The molecule has 0 spiro atoms. The summed E-state index contributed by atoms with van der Waals surface area (Å²) in [7, 11) is 1.03. The second-order valence-corrected chi connectivity index (χ2v) is 4.81. The summed E-state index contributed by atoms with van der Waals surface area (Å²) in [5, 5.41) is 2.44. The number of rotatable bonds is 4. The van der Waals surface area contributed by atoms with Crippen molar-refractivity contribution in [2.45, 2.75) is 12.7 Å². The van der Waals surface area contributed by atoms with Crippen molar-refractivity contribution in [2.24, 2.45) is 0 Å². The van der Waals surface area contributed by atoms with Gasteiger partial charge in [0.2, 0.25) is 0 Å². The first kappa shape index (κ1) is 17.7. The molecular formula is C16H12F5NO2. The number of ether oxygens (including phenoxy) is 1. The SMILES string of the molecule is COC(=O)c1cc(NCc2ccccc2C(F)(F)F)c(F)cc1F. The standard InChI is InChI=1S/C16H12F5NO2/c1-24-15(23)10-6-14(13(18)7-12(10)17)22-8-9-4-2-3-5-11(9)16(19,20)21/h2-7,22H,8H2,1H3. The predicted molar refractivity (Wildman–Crippen MR) is 76.5 cm³/mol. The van der Waals surface area contributed by atoms with E-state index in [1.165, 1.54) is 18.2 Å². The third-order valence-corrected chi connectivity index (χ3v) is 3.25. The van der Waals surface area contributed by atoms with Crippen LogP contribution in [0.5, 0.6) is 0 Å². The Hall–Kier alpha value is -2.64. The Labute approximate surface area is 134 Å². The Balaban J connectivity index is 2.29. The van der Waals surface area contributed by atoms with Gasteiger partial charge >= 0.3 is 12.1 Å². The van der Waals surface area contributed by atoms with Crippen molar-refractivity contribution in [3.05, 3.63) is 64.7 Å². The van der Waals surface area contributed by atoms with Gasteiger partial charge in [-0.3, -0.25) is 0 Å². The van der Waals surface area contributed by atoms with Crippen LogP contribution in [0.4, 0.5) is 27.6 Å². The Bertz CT molecular complexity index is 759. The van der Waals surface area contributed by atoms with E-state index in [1.807, 2.05) is 0 Å². The molecule has 0 saturated carbocycles. The molecule has 2 rings (SSSR count). The predicted octanol–water partition coefficient (Wildman–Crippen LogP) is 4.38. The van der Waals surface area contributed by atoms with E-state index >= 15 is 0 Å². The average molecular weight is 345 g/mol. The maximum absolute atomic E-state index is 13.8. The monoisotopic (exact) mass is 345 g/mol. The van der Waals surface area contributed by atoms with E-state index in [0.717, 1.165) is 19.2 Å². The van der Waals surface area contributed by atoms with E-state index < -0.39 is 34.9 Å². The normalized spacial score (nSPS) is 11.2. The third kappa shape index (κ3) is 3.81. The molecule has 0 unspecified atom stereocenters. The Morgan fingerprint density at radius 1 is 1.12 bits per heavy atom. The van der Waals surface area contributed by atoms with Crippen LogP contribution in [0.1, 0.15) is 21.5 Å². The van der Waals surface area contributed by atoms with Gasteiger partial charge in [-0.15, -0.1) is 0 Å². The molecule has 0 atom stereocenters.